The summed E-state index contributed by atoms with van der Waals surface area (Å²) in [5.74, 6) is 0.421. The van der Waals surface area contributed by atoms with Crippen molar-refractivity contribution in [2.45, 2.75) is 24.3 Å². The van der Waals surface area contributed by atoms with E-state index in [9.17, 15) is 9.59 Å². The molecule has 0 fully saturated rings. The second-order valence-corrected chi connectivity index (χ2v) is 5.77. The molecule has 0 aromatic heterocycles. The highest BCUT2D eigenvalue weighted by atomic mass is 32.2. The van der Waals surface area contributed by atoms with Crippen molar-refractivity contribution in [1.29, 1.82) is 0 Å². The zero-order valence-electron chi connectivity index (χ0n) is 10.7. The molecule has 0 saturated heterocycles. The van der Waals surface area contributed by atoms with E-state index < -0.39 is 5.54 Å². The van der Waals surface area contributed by atoms with Gasteiger partial charge in [-0.2, -0.15) is 0 Å². The van der Waals surface area contributed by atoms with Crippen molar-refractivity contribution in [2.75, 3.05) is 18.1 Å². The Balaban J connectivity index is 2.34. The summed E-state index contributed by atoms with van der Waals surface area (Å²) in [6.07, 6.45) is 0. The van der Waals surface area contributed by atoms with Gasteiger partial charge in [0.1, 0.15) is 0 Å². The Morgan fingerprint density at radius 3 is 2.83 bits per heavy atom. The lowest BCUT2D eigenvalue weighted by atomic mass is 9.93. The number of thioether (sulfide) groups is 1. The van der Waals surface area contributed by atoms with Crippen LogP contribution in [0, 0.1) is 0 Å². The highest BCUT2D eigenvalue weighted by Gasteiger charge is 2.27. The Bertz CT molecular complexity index is 512. The van der Waals surface area contributed by atoms with E-state index in [1.165, 1.54) is 11.8 Å². The minimum atomic E-state index is -0.611. The van der Waals surface area contributed by atoms with Gasteiger partial charge in [-0.25, -0.2) is 0 Å². The molecule has 4 nitrogen and oxygen atoms in total. The van der Waals surface area contributed by atoms with Crippen LogP contribution in [0.4, 0.5) is 5.69 Å². The number of rotatable bonds is 3. The van der Waals surface area contributed by atoms with Gasteiger partial charge in [0.05, 0.1) is 17.0 Å². The number of amides is 1. The second kappa shape index (κ2) is 4.74. The maximum Gasteiger partial charge on any atom is 0.234 e. The molecule has 0 atom stereocenters. The number of nitrogens with one attached hydrogen (secondary N) is 2. The van der Waals surface area contributed by atoms with Crippen molar-refractivity contribution in [3.63, 3.8) is 0 Å². The molecule has 1 heterocycles. The van der Waals surface area contributed by atoms with Gasteiger partial charge in [0.25, 0.3) is 0 Å². The van der Waals surface area contributed by atoms with Crippen LogP contribution in [0.3, 0.4) is 0 Å². The van der Waals surface area contributed by atoms with E-state index in [-0.39, 0.29) is 11.7 Å². The highest BCUT2D eigenvalue weighted by molar-refractivity contribution is 8.00. The molecule has 0 aliphatic carbocycles. The number of benzene rings is 1. The number of anilines is 1. The number of ketones is 1. The molecular formula is C13H16N2O2S. The van der Waals surface area contributed by atoms with E-state index in [4.69, 9.17) is 0 Å². The topological polar surface area (TPSA) is 58.2 Å². The van der Waals surface area contributed by atoms with E-state index >= 15 is 0 Å². The molecule has 0 spiro atoms. The van der Waals surface area contributed by atoms with Crippen LogP contribution < -0.4 is 10.6 Å². The number of likely N-dealkylation sites (N-methyl/N-ethyl adjacent to an activating group) is 1. The SMILES string of the molecule is CNC(C)(C)C(=O)c1ccc2c(c1)NC(=O)CS2. The molecule has 2 rings (SSSR count). The fourth-order valence-corrected chi connectivity index (χ4v) is 2.49. The Morgan fingerprint density at radius 1 is 1.44 bits per heavy atom. The normalized spacial score (nSPS) is 14.9. The summed E-state index contributed by atoms with van der Waals surface area (Å²) in [6.45, 7) is 3.67. The number of carbonyl (C=O) groups excluding carboxylic acids is 2. The molecule has 1 aromatic rings. The van der Waals surface area contributed by atoms with Gasteiger partial charge in [-0.1, -0.05) is 6.07 Å². The molecule has 5 heteroatoms. The number of carbonyl (C=O) groups is 2. The van der Waals surface area contributed by atoms with Gasteiger partial charge in [0.15, 0.2) is 5.78 Å². The van der Waals surface area contributed by atoms with Crippen LogP contribution in [0.1, 0.15) is 24.2 Å². The number of fused-ring (bicyclic) bond motifs is 1. The Hall–Kier alpha value is -1.33. The molecule has 0 radical (unpaired) electrons. The molecule has 1 amide bonds. The van der Waals surface area contributed by atoms with E-state index in [0.29, 0.717) is 11.3 Å². The third-order valence-electron chi connectivity index (χ3n) is 3.07. The molecule has 1 aliphatic heterocycles. The van der Waals surface area contributed by atoms with Crippen LogP contribution >= 0.6 is 11.8 Å². The van der Waals surface area contributed by atoms with Crippen molar-refractivity contribution < 1.29 is 9.59 Å². The largest absolute Gasteiger partial charge is 0.324 e. The third-order valence-corrected chi connectivity index (χ3v) is 4.14. The molecule has 0 saturated carbocycles. The summed E-state index contributed by atoms with van der Waals surface area (Å²) < 4.78 is 0. The summed E-state index contributed by atoms with van der Waals surface area (Å²) in [5.41, 5.74) is 0.727. The summed E-state index contributed by atoms with van der Waals surface area (Å²) in [6, 6.07) is 5.45. The first kappa shape index (κ1) is 13.1. The van der Waals surface area contributed by atoms with Gasteiger partial charge in [-0.05, 0) is 33.0 Å². The number of hydrogen-bond donors (Lipinski definition) is 2. The Morgan fingerprint density at radius 2 is 2.17 bits per heavy atom. The quantitative estimate of drug-likeness (QED) is 0.819. The first-order chi connectivity index (χ1) is 8.44. The minimum absolute atomic E-state index is 0.0117. The smallest absolute Gasteiger partial charge is 0.234 e. The van der Waals surface area contributed by atoms with Crippen molar-refractivity contribution in [2.24, 2.45) is 0 Å². The minimum Gasteiger partial charge on any atom is -0.324 e. The van der Waals surface area contributed by atoms with Crippen LogP contribution in [0.2, 0.25) is 0 Å². The monoisotopic (exact) mass is 264 g/mol. The highest BCUT2D eigenvalue weighted by Crippen LogP contribution is 2.32. The number of Topliss-reactive ketones (excluding diaryl/α,β-unsaturated/α-hetero) is 1. The lowest BCUT2D eigenvalue weighted by Crippen LogP contribution is -2.44. The summed E-state index contributed by atoms with van der Waals surface area (Å²) in [7, 11) is 1.76. The van der Waals surface area contributed by atoms with Gasteiger partial charge in [-0.3, -0.25) is 9.59 Å². The molecule has 2 N–H and O–H groups in total. The summed E-state index contributed by atoms with van der Waals surface area (Å²) >= 11 is 1.49. The third kappa shape index (κ3) is 2.42. The molecule has 1 aromatic carbocycles. The lowest BCUT2D eigenvalue weighted by molar-refractivity contribution is -0.113. The van der Waals surface area contributed by atoms with Gasteiger partial charge in [-0.15, -0.1) is 11.8 Å². The summed E-state index contributed by atoms with van der Waals surface area (Å²) in [4.78, 5) is 24.6. The van der Waals surface area contributed by atoms with Crippen LogP contribution in [-0.2, 0) is 4.79 Å². The average Bonchev–Trinajstić information content (AvgIpc) is 2.36. The van der Waals surface area contributed by atoms with Gasteiger partial charge < -0.3 is 10.6 Å². The summed E-state index contributed by atoms with van der Waals surface area (Å²) in [5, 5.41) is 5.78. The molecule has 96 valence electrons. The van der Waals surface area contributed by atoms with Crippen LogP contribution in [0.25, 0.3) is 0 Å². The van der Waals surface area contributed by atoms with E-state index in [1.807, 2.05) is 26.0 Å². The van der Waals surface area contributed by atoms with E-state index in [0.717, 1.165) is 10.6 Å². The van der Waals surface area contributed by atoms with Crippen LogP contribution in [-0.4, -0.2) is 30.0 Å². The molecule has 0 bridgehead atoms. The van der Waals surface area contributed by atoms with Crippen molar-refractivity contribution in [3.8, 4) is 0 Å². The molecule has 18 heavy (non-hydrogen) atoms. The van der Waals surface area contributed by atoms with Crippen LogP contribution in [0.15, 0.2) is 23.1 Å². The fourth-order valence-electron chi connectivity index (χ4n) is 1.70. The zero-order valence-corrected chi connectivity index (χ0v) is 11.5. The maximum absolute atomic E-state index is 12.3. The fraction of sp³-hybridized carbons (Fsp3) is 0.385. The van der Waals surface area contributed by atoms with Crippen LogP contribution in [0.5, 0.6) is 0 Å². The average molecular weight is 264 g/mol. The van der Waals surface area contributed by atoms with Gasteiger partial charge >= 0.3 is 0 Å². The van der Waals surface area contributed by atoms with Crippen molar-refractivity contribution >= 4 is 29.1 Å². The van der Waals surface area contributed by atoms with Crippen molar-refractivity contribution in [3.05, 3.63) is 23.8 Å². The Labute approximate surface area is 111 Å². The standard InChI is InChI=1S/C13H16N2O2S/c1-13(2,14-3)12(17)8-4-5-10-9(6-8)15-11(16)7-18-10/h4-6,14H,7H2,1-3H3,(H,15,16). The first-order valence-electron chi connectivity index (χ1n) is 5.74. The first-order valence-corrected chi connectivity index (χ1v) is 6.73. The molecule has 0 unspecified atom stereocenters. The van der Waals surface area contributed by atoms with Gasteiger partial charge in [0, 0.05) is 10.5 Å². The number of hydrogen-bond acceptors (Lipinski definition) is 4. The molecule has 1 aliphatic rings. The lowest BCUT2D eigenvalue weighted by Gasteiger charge is -2.23. The predicted octanol–water partition coefficient (Wildman–Crippen LogP) is 1.91. The van der Waals surface area contributed by atoms with E-state index in [2.05, 4.69) is 10.6 Å². The zero-order chi connectivity index (χ0) is 13.3. The van der Waals surface area contributed by atoms with Gasteiger partial charge in [0.2, 0.25) is 5.91 Å². The maximum atomic E-state index is 12.3. The van der Waals surface area contributed by atoms with Crippen molar-refractivity contribution in [1.82, 2.24) is 5.32 Å². The molecular weight excluding hydrogens is 248 g/mol. The Kier molecular flexibility index (Phi) is 3.45. The predicted molar refractivity (Wildman–Crippen MR) is 73.3 cm³/mol. The second-order valence-electron chi connectivity index (χ2n) is 4.75. The van der Waals surface area contributed by atoms with E-state index in [1.54, 1.807) is 13.1 Å².